The maximum Gasteiger partial charge on any atom is 0.319 e. The van der Waals surface area contributed by atoms with Gasteiger partial charge >= 0.3 is 6.03 Å². The molecule has 0 bridgehead atoms. The van der Waals surface area contributed by atoms with E-state index in [0.717, 1.165) is 23.2 Å². The molecule has 148 valence electrons. The van der Waals surface area contributed by atoms with Crippen LogP contribution >= 0.6 is 0 Å². The average molecular weight is 381 g/mol. The van der Waals surface area contributed by atoms with Crippen molar-refractivity contribution < 1.29 is 14.3 Å². The SMILES string of the molecule is CN(C)C(=O)CCc1ccccc1NC(=O)NC[C@H]1OCCc2ccccc21. The molecular formula is C22H27N3O3. The molecule has 0 spiro atoms. The zero-order valence-corrected chi connectivity index (χ0v) is 16.4. The molecule has 2 aromatic rings. The van der Waals surface area contributed by atoms with E-state index in [-0.39, 0.29) is 18.0 Å². The van der Waals surface area contributed by atoms with Gasteiger partial charge in [-0.25, -0.2) is 4.79 Å². The van der Waals surface area contributed by atoms with Crippen molar-refractivity contribution in [1.82, 2.24) is 10.2 Å². The lowest BCUT2D eigenvalue weighted by atomic mass is 9.98. The van der Waals surface area contributed by atoms with Gasteiger partial charge in [-0.3, -0.25) is 4.79 Å². The maximum absolute atomic E-state index is 12.4. The quantitative estimate of drug-likeness (QED) is 0.808. The van der Waals surface area contributed by atoms with Crippen LogP contribution in [-0.4, -0.2) is 44.1 Å². The summed E-state index contributed by atoms with van der Waals surface area (Å²) in [5.41, 5.74) is 4.07. The molecule has 1 atom stereocenters. The van der Waals surface area contributed by atoms with Gasteiger partial charge in [0.15, 0.2) is 0 Å². The molecule has 0 fully saturated rings. The molecule has 2 aromatic carbocycles. The molecule has 1 aliphatic heterocycles. The topological polar surface area (TPSA) is 70.7 Å². The maximum atomic E-state index is 12.4. The number of urea groups is 1. The first-order valence-corrected chi connectivity index (χ1v) is 9.57. The van der Waals surface area contributed by atoms with E-state index in [1.54, 1.807) is 19.0 Å². The molecule has 0 saturated heterocycles. The number of amides is 3. The van der Waals surface area contributed by atoms with Crippen molar-refractivity contribution in [2.75, 3.05) is 32.6 Å². The first-order chi connectivity index (χ1) is 13.5. The smallest absolute Gasteiger partial charge is 0.319 e. The highest BCUT2D eigenvalue weighted by molar-refractivity contribution is 5.90. The molecule has 0 aromatic heterocycles. The molecule has 0 radical (unpaired) electrons. The Labute approximate surface area is 165 Å². The third kappa shape index (κ3) is 5.10. The third-order valence-electron chi connectivity index (χ3n) is 4.91. The molecule has 2 N–H and O–H groups in total. The number of carbonyl (C=O) groups is 2. The molecule has 0 aliphatic carbocycles. The van der Waals surface area contributed by atoms with Gasteiger partial charge in [0.2, 0.25) is 5.91 Å². The lowest BCUT2D eigenvalue weighted by Gasteiger charge is -2.26. The van der Waals surface area contributed by atoms with Gasteiger partial charge in [0.25, 0.3) is 0 Å². The molecule has 6 nitrogen and oxygen atoms in total. The molecular weight excluding hydrogens is 354 g/mol. The van der Waals surface area contributed by atoms with E-state index in [9.17, 15) is 9.59 Å². The van der Waals surface area contributed by atoms with Crippen molar-refractivity contribution in [2.45, 2.75) is 25.4 Å². The Kier molecular flexibility index (Phi) is 6.66. The summed E-state index contributed by atoms with van der Waals surface area (Å²) in [5.74, 6) is 0.0624. The number of hydrogen-bond donors (Lipinski definition) is 2. The number of para-hydroxylation sites is 1. The lowest BCUT2D eigenvalue weighted by Crippen LogP contribution is -2.35. The van der Waals surface area contributed by atoms with E-state index in [2.05, 4.69) is 22.8 Å². The monoisotopic (exact) mass is 381 g/mol. The number of anilines is 1. The second-order valence-electron chi connectivity index (χ2n) is 7.09. The molecule has 0 saturated carbocycles. The van der Waals surface area contributed by atoms with Crippen LogP contribution < -0.4 is 10.6 Å². The highest BCUT2D eigenvalue weighted by atomic mass is 16.5. The van der Waals surface area contributed by atoms with Crippen LogP contribution in [0.3, 0.4) is 0 Å². The normalized spacial score (nSPS) is 15.4. The van der Waals surface area contributed by atoms with Crippen molar-refractivity contribution in [3.05, 3.63) is 65.2 Å². The standard InChI is InChI=1S/C22H27N3O3/c1-25(2)21(26)12-11-17-8-4-6-10-19(17)24-22(27)23-15-20-18-9-5-3-7-16(18)13-14-28-20/h3-10,20H,11-15H2,1-2H3,(H2,23,24,27)/t20-/m1/s1. The van der Waals surface area contributed by atoms with Gasteiger partial charge in [-0.05, 0) is 35.6 Å². The van der Waals surface area contributed by atoms with Crippen LogP contribution in [0.25, 0.3) is 0 Å². The summed E-state index contributed by atoms with van der Waals surface area (Å²) in [6, 6.07) is 15.5. The summed E-state index contributed by atoms with van der Waals surface area (Å²) in [4.78, 5) is 25.8. The van der Waals surface area contributed by atoms with Crippen molar-refractivity contribution in [3.8, 4) is 0 Å². The fourth-order valence-electron chi connectivity index (χ4n) is 3.32. The summed E-state index contributed by atoms with van der Waals surface area (Å²) in [6.07, 6.45) is 1.74. The number of hydrogen-bond acceptors (Lipinski definition) is 3. The second-order valence-corrected chi connectivity index (χ2v) is 7.09. The van der Waals surface area contributed by atoms with Crippen molar-refractivity contribution in [3.63, 3.8) is 0 Å². The first-order valence-electron chi connectivity index (χ1n) is 9.57. The fraction of sp³-hybridized carbons (Fsp3) is 0.364. The molecule has 3 amide bonds. The molecule has 1 heterocycles. The summed E-state index contributed by atoms with van der Waals surface area (Å²) in [7, 11) is 3.48. The molecule has 28 heavy (non-hydrogen) atoms. The highest BCUT2D eigenvalue weighted by Crippen LogP contribution is 2.26. The van der Waals surface area contributed by atoms with Crippen molar-refractivity contribution in [1.29, 1.82) is 0 Å². The van der Waals surface area contributed by atoms with Gasteiger partial charge < -0.3 is 20.3 Å². The molecule has 3 rings (SSSR count). The van der Waals surface area contributed by atoms with Crippen LogP contribution in [0, 0.1) is 0 Å². The van der Waals surface area contributed by atoms with Crippen LogP contribution in [0.15, 0.2) is 48.5 Å². The number of rotatable bonds is 6. The van der Waals surface area contributed by atoms with Crippen LogP contribution in [0.4, 0.5) is 10.5 Å². The van der Waals surface area contributed by atoms with Gasteiger partial charge in [0.1, 0.15) is 6.10 Å². The van der Waals surface area contributed by atoms with Crippen molar-refractivity contribution >= 4 is 17.6 Å². The number of nitrogens with one attached hydrogen (secondary N) is 2. The van der Waals surface area contributed by atoms with Gasteiger partial charge in [0, 0.05) is 32.7 Å². The van der Waals surface area contributed by atoms with Crippen LogP contribution in [-0.2, 0) is 22.4 Å². The summed E-state index contributed by atoms with van der Waals surface area (Å²) in [5, 5.41) is 5.80. The zero-order valence-electron chi connectivity index (χ0n) is 16.4. The Bertz CT molecular complexity index is 835. The predicted molar refractivity (Wildman–Crippen MR) is 109 cm³/mol. The van der Waals surface area contributed by atoms with Crippen LogP contribution in [0.2, 0.25) is 0 Å². The van der Waals surface area contributed by atoms with Gasteiger partial charge in [-0.2, -0.15) is 0 Å². The minimum absolute atomic E-state index is 0.0624. The van der Waals surface area contributed by atoms with E-state index in [1.165, 1.54) is 5.56 Å². The summed E-state index contributed by atoms with van der Waals surface area (Å²) >= 11 is 0. The van der Waals surface area contributed by atoms with Crippen molar-refractivity contribution in [2.24, 2.45) is 0 Å². The van der Waals surface area contributed by atoms with Crippen LogP contribution in [0.5, 0.6) is 0 Å². The predicted octanol–water partition coefficient (Wildman–Crippen LogP) is 3.14. The number of benzene rings is 2. The highest BCUT2D eigenvalue weighted by Gasteiger charge is 2.21. The van der Waals surface area contributed by atoms with Crippen LogP contribution in [0.1, 0.15) is 29.2 Å². The van der Waals surface area contributed by atoms with E-state index in [0.29, 0.717) is 26.0 Å². The van der Waals surface area contributed by atoms with E-state index in [1.807, 2.05) is 36.4 Å². The summed E-state index contributed by atoms with van der Waals surface area (Å²) in [6.45, 7) is 1.07. The minimum Gasteiger partial charge on any atom is -0.371 e. The molecule has 6 heteroatoms. The van der Waals surface area contributed by atoms with Gasteiger partial charge in [-0.1, -0.05) is 42.5 Å². The number of aryl methyl sites for hydroxylation is 1. The average Bonchev–Trinajstić information content (AvgIpc) is 2.71. The number of carbonyl (C=O) groups excluding carboxylic acids is 2. The lowest BCUT2D eigenvalue weighted by molar-refractivity contribution is -0.128. The van der Waals surface area contributed by atoms with E-state index in [4.69, 9.17) is 4.74 Å². The largest absolute Gasteiger partial charge is 0.371 e. The Balaban J connectivity index is 1.56. The number of nitrogens with zero attached hydrogens (tertiary/aromatic N) is 1. The Hall–Kier alpha value is -2.86. The van der Waals surface area contributed by atoms with E-state index >= 15 is 0 Å². The Morgan fingerprint density at radius 3 is 2.68 bits per heavy atom. The fourth-order valence-corrected chi connectivity index (χ4v) is 3.32. The first kappa shape index (κ1) is 19.9. The molecule has 1 aliphatic rings. The zero-order chi connectivity index (χ0) is 19.9. The number of fused-ring (bicyclic) bond motifs is 1. The van der Waals surface area contributed by atoms with Gasteiger partial charge in [0.05, 0.1) is 6.61 Å². The van der Waals surface area contributed by atoms with E-state index < -0.39 is 0 Å². The molecule has 0 unspecified atom stereocenters. The minimum atomic E-state index is -0.280. The Morgan fingerprint density at radius 2 is 1.86 bits per heavy atom. The third-order valence-corrected chi connectivity index (χ3v) is 4.91. The number of ether oxygens (including phenoxy) is 1. The summed E-state index contributed by atoms with van der Waals surface area (Å²) < 4.78 is 5.83. The Morgan fingerprint density at radius 1 is 1.11 bits per heavy atom. The van der Waals surface area contributed by atoms with Gasteiger partial charge in [-0.15, -0.1) is 0 Å². The second kappa shape index (κ2) is 9.37.